The summed E-state index contributed by atoms with van der Waals surface area (Å²) in [6.07, 6.45) is 20.4. The van der Waals surface area contributed by atoms with Crippen molar-refractivity contribution in [2.45, 2.75) is 0 Å². The van der Waals surface area contributed by atoms with Gasteiger partial charge in [-0.1, -0.05) is 0 Å². The minimum atomic E-state index is 0. The van der Waals surface area contributed by atoms with Crippen LogP contribution >= 0.6 is 11.8 Å². The third-order valence-corrected chi connectivity index (χ3v) is 2.17. The van der Waals surface area contributed by atoms with Crippen LogP contribution in [-0.2, 0) is 17.1 Å². The third kappa shape index (κ3) is 6.88. The number of hydrogen-bond acceptors (Lipinski definition) is 1. The smallest absolute Gasteiger partial charge is 0.0378 e. The van der Waals surface area contributed by atoms with E-state index in [-0.39, 0.29) is 17.1 Å². The van der Waals surface area contributed by atoms with Gasteiger partial charge in [0, 0.05) is 22.3 Å². The molecule has 0 amide bonds. The molecule has 0 heterocycles. The average molecular weight is 232 g/mol. The molecule has 2 heteroatoms. The van der Waals surface area contributed by atoms with Crippen molar-refractivity contribution in [2.75, 3.05) is 6.26 Å². The summed E-state index contributed by atoms with van der Waals surface area (Å²) in [5.41, 5.74) is 0. The summed E-state index contributed by atoms with van der Waals surface area (Å²) in [7, 11) is 0. The summed E-state index contributed by atoms with van der Waals surface area (Å²) >= 11 is 1.78. The van der Waals surface area contributed by atoms with Gasteiger partial charge in [0.2, 0.25) is 0 Å². The minimum Gasteiger partial charge on any atom is -0.156 e. The van der Waals surface area contributed by atoms with E-state index >= 15 is 0 Å². The first-order valence-corrected chi connectivity index (χ1v) is 5.08. The monoisotopic (exact) mass is 232 g/mol. The van der Waals surface area contributed by atoms with Gasteiger partial charge in [-0.25, -0.2) is 0 Å². The molecule has 0 unspecified atom stereocenters. The van der Waals surface area contributed by atoms with Crippen LogP contribution in [0.5, 0.6) is 0 Å². The maximum atomic E-state index is 2.10. The van der Waals surface area contributed by atoms with Gasteiger partial charge >= 0.3 is 0 Å². The van der Waals surface area contributed by atoms with E-state index in [2.05, 4.69) is 19.1 Å². The zero-order valence-electron chi connectivity index (χ0n) is 7.46. The largest absolute Gasteiger partial charge is 0.156 e. The summed E-state index contributed by atoms with van der Waals surface area (Å²) in [6.45, 7) is 0. The first-order chi connectivity index (χ1) is 5.93. The molecule has 70 valence electrons. The molecule has 2 saturated carbocycles. The van der Waals surface area contributed by atoms with Crippen LogP contribution in [-0.4, -0.2) is 6.26 Å². The van der Waals surface area contributed by atoms with E-state index in [0.717, 1.165) is 0 Å². The SMILES string of the molecule is CS[C]1[CH][CH][CH][CH]1.[CH]1[CH][CH][CH][CH]1.[Fe]. The molecule has 2 rings (SSSR count). The van der Waals surface area contributed by atoms with E-state index in [9.17, 15) is 0 Å². The van der Waals surface area contributed by atoms with E-state index in [1.165, 1.54) is 5.25 Å². The summed E-state index contributed by atoms with van der Waals surface area (Å²) in [4.78, 5) is 0. The quantitative estimate of drug-likeness (QED) is 0.626. The molecule has 0 aromatic carbocycles. The Morgan fingerprint density at radius 1 is 0.769 bits per heavy atom. The van der Waals surface area contributed by atoms with Crippen molar-refractivity contribution in [3.05, 3.63) is 63.0 Å². The molecule has 0 saturated heterocycles. The van der Waals surface area contributed by atoms with Gasteiger partial charge in [0.25, 0.3) is 0 Å². The van der Waals surface area contributed by atoms with Gasteiger partial charge < -0.3 is 0 Å². The number of rotatable bonds is 1. The van der Waals surface area contributed by atoms with E-state index in [4.69, 9.17) is 0 Å². The second-order valence-corrected chi connectivity index (χ2v) is 3.17. The second kappa shape index (κ2) is 9.43. The van der Waals surface area contributed by atoms with Crippen molar-refractivity contribution in [1.82, 2.24) is 0 Å². The van der Waals surface area contributed by atoms with Crippen LogP contribution in [0.4, 0.5) is 0 Å². The van der Waals surface area contributed by atoms with Crippen molar-refractivity contribution >= 4 is 11.8 Å². The fraction of sp³-hybridized carbons (Fsp3) is 0.0909. The summed E-state index contributed by atoms with van der Waals surface area (Å²) < 4.78 is 0. The van der Waals surface area contributed by atoms with Crippen molar-refractivity contribution < 1.29 is 17.1 Å². The van der Waals surface area contributed by atoms with E-state index in [0.29, 0.717) is 0 Å². The van der Waals surface area contributed by atoms with Gasteiger partial charge in [-0.3, -0.25) is 0 Å². The Labute approximate surface area is 98.1 Å². The second-order valence-electron chi connectivity index (χ2n) is 2.29. The molecule has 0 aromatic heterocycles. The molecule has 0 aliphatic heterocycles. The Morgan fingerprint density at radius 2 is 1.15 bits per heavy atom. The third-order valence-electron chi connectivity index (χ3n) is 1.42. The molecule has 2 aliphatic carbocycles. The molecule has 0 N–H and O–H groups in total. The van der Waals surface area contributed by atoms with Crippen molar-refractivity contribution in [2.24, 2.45) is 0 Å². The van der Waals surface area contributed by atoms with Crippen LogP contribution in [0.2, 0.25) is 0 Å². The summed E-state index contributed by atoms with van der Waals surface area (Å²) in [6, 6.07) is 0. The fourth-order valence-electron chi connectivity index (χ4n) is 0.813. The van der Waals surface area contributed by atoms with E-state index in [1.54, 1.807) is 11.8 Å². The Hall–Kier alpha value is 0.869. The minimum absolute atomic E-state index is 0. The van der Waals surface area contributed by atoms with Crippen LogP contribution in [0.3, 0.4) is 0 Å². The maximum absolute atomic E-state index is 2.10. The molecular formula is C11H12FeS. The normalized spacial score (nSPS) is 21.9. The zero-order chi connectivity index (χ0) is 8.65. The van der Waals surface area contributed by atoms with Gasteiger partial charge in [0.05, 0.1) is 0 Å². The Bertz CT molecular complexity index is 88.7. The van der Waals surface area contributed by atoms with Crippen LogP contribution in [0.15, 0.2) is 0 Å². The van der Waals surface area contributed by atoms with Crippen LogP contribution < -0.4 is 0 Å². The predicted molar refractivity (Wildman–Crippen MR) is 55.5 cm³/mol. The van der Waals surface area contributed by atoms with Crippen molar-refractivity contribution in [1.29, 1.82) is 0 Å². The standard InChI is InChI=1S/C6H7S.C5H5.Fe/c1-7-6-4-2-3-5-6;1-2-4-5-3-1;/h2-5H,1H3;1-5H;. The first kappa shape index (κ1) is 13.9. The van der Waals surface area contributed by atoms with Gasteiger partial charge in [0.1, 0.15) is 0 Å². The van der Waals surface area contributed by atoms with E-state index in [1.807, 2.05) is 44.9 Å². The molecular weight excluding hydrogens is 220 g/mol. The average Bonchev–Trinajstić information content (AvgIpc) is 2.81. The van der Waals surface area contributed by atoms with Crippen molar-refractivity contribution in [3.63, 3.8) is 0 Å². The molecule has 0 aromatic rings. The van der Waals surface area contributed by atoms with Gasteiger partial charge in [-0.2, -0.15) is 11.8 Å². The molecule has 2 fully saturated rings. The first-order valence-electron chi connectivity index (χ1n) is 3.86. The summed E-state index contributed by atoms with van der Waals surface area (Å²) in [5, 5.41) is 1.35. The Balaban J connectivity index is 0.000000215. The van der Waals surface area contributed by atoms with Crippen LogP contribution in [0.1, 0.15) is 0 Å². The Morgan fingerprint density at radius 3 is 1.38 bits per heavy atom. The molecule has 13 heavy (non-hydrogen) atoms. The number of hydrogen-bond donors (Lipinski definition) is 0. The molecule has 10 radical (unpaired) electrons. The number of thioether (sulfide) groups is 1. The molecule has 0 bridgehead atoms. The maximum Gasteiger partial charge on any atom is 0.0378 e. The molecule has 2 aliphatic rings. The summed E-state index contributed by atoms with van der Waals surface area (Å²) in [5.74, 6) is 0. The fourth-order valence-corrected chi connectivity index (χ4v) is 1.24. The Kier molecular flexibility index (Phi) is 10.1. The van der Waals surface area contributed by atoms with Gasteiger partial charge in [0.15, 0.2) is 0 Å². The predicted octanol–water partition coefficient (Wildman–Crippen LogP) is 2.73. The topological polar surface area (TPSA) is 0 Å². The van der Waals surface area contributed by atoms with Gasteiger partial charge in [-0.05, 0) is 64.0 Å². The van der Waals surface area contributed by atoms with E-state index < -0.39 is 0 Å². The molecule has 0 spiro atoms. The zero-order valence-corrected chi connectivity index (χ0v) is 9.38. The van der Waals surface area contributed by atoms with Crippen LogP contribution in [0.25, 0.3) is 0 Å². The van der Waals surface area contributed by atoms with Gasteiger partial charge in [-0.15, -0.1) is 0 Å². The molecule has 0 atom stereocenters. The van der Waals surface area contributed by atoms with Crippen molar-refractivity contribution in [3.8, 4) is 0 Å². The molecule has 0 nitrogen and oxygen atoms in total. The van der Waals surface area contributed by atoms with Crippen LogP contribution in [0, 0.1) is 63.0 Å².